The van der Waals surface area contributed by atoms with E-state index >= 15 is 0 Å². The van der Waals surface area contributed by atoms with E-state index in [0.29, 0.717) is 24.1 Å². The second-order valence-corrected chi connectivity index (χ2v) is 9.81. The van der Waals surface area contributed by atoms with Crippen molar-refractivity contribution in [2.24, 2.45) is 7.05 Å². The average molecular weight is 510 g/mol. The van der Waals surface area contributed by atoms with Crippen molar-refractivity contribution in [3.8, 4) is 11.4 Å². The van der Waals surface area contributed by atoms with Gasteiger partial charge in [-0.2, -0.15) is 0 Å². The number of aliphatic hydroxyl groups excluding tert-OH is 1. The Hall–Kier alpha value is -3.37. The van der Waals surface area contributed by atoms with Gasteiger partial charge in [0, 0.05) is 30.9 Å². The lowest BCUT2D eigenvalue weighted by Gasteiger charge is -2.28. The number of aryl methyl sites for hydroxylation is 3. The Kier molecular flexibility index (Phi) is 8.83. The number of halogens is 1. The molecule has 1 fully saturated rings. The second kappa shape index (κ2) is 12.2. The third-order valence-corrected chi connectivity index (χ3v) is 6.78. The van der Waals surface area contributed by atoms with Crippen molar-refractivity contribution < 1.29 is 14.3 Å². The lowest BCUT2D eigenvalue weighted by Crippen LogP contribution is -2.48. The molecule has 2 aromatic carbocycles. The molecule has 1 heterocycles. The van der Waals surface area contributed by atoms with Crippen LogP contribution < -0.4 is 10.6 Å². The van der Waals surface area contributed by atoms with Crippen molar-refractivity contribution in [2.75, 3.05) is 18.4 Å². The molecule has 37 heavy (non-hydrogen) atoms. The summed E-state index contributed by atoms with van der Waals surface area (Å²) >= 11 is 0. The van der Waals surface area contributed by atoms with Gasteiger partial charge in [0.25, 0.3) is 0 Å². The summed E-state index contributed by atoms with van der Waals surface area (Å²) in [5, 5.41) is 28.3. The van der Waals surface area contributed by atoms with Gasteiger partial charge in [-0.15, -0.1) is 5.10 Å². The summed E-state index contributed by atoms with van der Waals surface area (Å²) in [5.41, 5.74) is 3.60. The Morgan fingerprint density at radius 3 is 2.62 bits per heavy atom. The Morgan fingerprint density at radius 1 is 1.22 bits per heavy atom. The van der Waals surface area contributed by atoms with Gasteiger partial charge in [0.2, 0.25) is 0 Å². The molecule has 0 saturated heterocycles. The number of anilines is 1. The van der Waals surface area contributed by atoms with E-state index in [2.05, 4.69) is 31.1 Å². The standard InChI is InChI=1S/C27H36FN7O2/c1-4-19-14-21(26-31-32-33-34(26)3)16-23(15-19)30-27(37)29-18(2)25(36)17-35(24-11-12-24)13-5-6-20-7-9-22(28)10-8-20/h7-10,14-16,18,24-25,36H,4-6,11-13,17H2,1-3H3,(H2,29,30,37)/t18-,25-/m1/s1. The summed E-state index contributed by atoms with van der Waals surface area (Å²) in [6.07, 6.45) is 4.13. The van der Waals surface area contributed by atoms with Gasteiger partial charge in [-0.25, -0.2) is 13.9 Å². The van der Waals surface area contributed by atoms with E-state index in [1.807, 2.05) is 44.2 Å². The molecule has 1 saturated carbocycles. The van der Waals surface area contributed by atoms with Gasteiger partial charge in [-0.3, -0.25) is 4.90 Å². The minimum absolute atomic E-state index is 0.224. The van der Waals surface area contributed by atoms with E-state index < -0.39 is 12.1 Å². The fourth-order valence-electron chi connectivity index (χ4n) is 4.44. The van der Waals surface area contributed by atoms with Crippen LogP contribution in [0.1, 0.15) is 44.2 Å². The largest absolute Gasteiger partial charge is 0.390 e. The molecule has 9 nitrogen and oxygen atoms in total. The zero-order valence-corrected chi connectivity index (χ0v) is 21.7. The van der Waals surface area contributed by atoms with Crippen LogP contribution in [0.2, 0.25) is 0 Å². The first-order chi connectivity index (χ1) is 17.8. The number of tetrazole rings is 1. The van der Waals surface area contributed by atoms with Crippen molar-refractivity contribution in [3.63, 3.8) is 0 Å². The van der Waals surface area contributed by atoms with E-state index in [1.165, 1.54) is 12.1 Å². The number of aromatic nitrogens is 4. The lowest BCUT2D eigenvalue weighted by atomic mass is 10.1. The number of aliphatic hydroxyl groups is 1. The summed E-state index contributed by atoms with van der Waals surface area (Å²) < 4.78 is 14.7. The number of amides is 2. The fraction of sp³-hybridized carbons (Fsp3) is 0.481. The molecule has 198 valence electrons. The van der Waals surface area contributed by atoms with Gasteiger partial charge in [0.05, 0.1) is 12.1 Å². The number of hydrogen-bond donors (Lipinski definition) is 3. The predicted octanol–water partition coefficient (Wildman–Crippen LogP) is 3.55. The van der Waals surface area contributed by atoms with E-state index in [1.54, 1.807) is 11.7 Å². The molecule has 0 unspecified atom stereocenters. The Balaban J connectivity index is 1.29. The number of benzene rings is 2. The van der Waals surface area contributed by atoms with Crippen LogP contribution in [-0.2, 0) is 19.9 Å². The Labute approximate surface area is 217 Å². The molecule has 0 aliphatic heterocycles. The topological polar surface area (TPSA) is 108 Å². The van der Waals surface area contributed by atoms with Crippen LogP contribution in [0.5, 0.6) is 0 Å². The summed E-state index contributed by atoms with van der Waals surface area (Å²) in [6.45, 7) is 5.19. The van der Waals surface area contributed by atoms with Crippen molar-refractivity contribution in [3.05, 3.63) is 59.4 Å². The maximum absolute atomic E-state index is 13.1. The van der Waals surface area contributed by atoms with Crippen LogP contribution in [0, 0.1) is 5.82 Å². The van der Waals surface area contributed by atoms with Gasteiger partial charge in [-0.05, 0) is 97.5 Å². The highest BCUT2D eigenvalue weighted by molar-refractivity contribution is 5.90. The molecule has 1 aliphatic carbocycles. The molecule has 10 heteroatoms. The Bertz CT molecular complexity index is 1180. The van der Waals surface area contributed by atoms with Crippen LogP contribution in [0.4, 0.5) is 14.9 Å². The van der Waals surface area contributed by atoms with Crippen LogP contribution in [0.3, 0.4) is 0 Å². The molecule has 1 aliphatic rings. The zero-order valence-electron chi connectivity index (χ0n) is 21.7. The van der Waals surface area contributed by atoms with E-state index in [-0.39, 0.29) is 11.8 Å². The molecule has 3 aromatic rings. The van der Waals surface area contributed by atoms with Crippen molar-refractivity contribution in [2.45, 2.75) is 64.1 Å². The molecule has 1 aromatic heterocycles. The first-order valence-electron chi connectivity index (χ1n) is 12.9. The van der Waals surface area contributed by atoms with Gasteiger partial charge < -0.3 is 15.7 Å². The van der Waals surface area contributed by atoms with E-state index in [0.717, 1.165) is 55.3 Å². The van der Waals surface area contributed by atoms with Crippen molar-refractivity contribution in [1.82, 2.24) is 30.4 Å². The molecular formula is C27H36FN7O2. The highest BCUT2D eigenvalue weighted by Gasteiger charge is 2.31. The lowest BCUT2D eigenvalue weighted by molar-refractivity contribution is 0.0834. The normalized spacial score (nSPS) is 15.0. The van der Waals surface area contributed by atoms with Crippen molar-refractivity contribution >= 4 is 11.7 Å². The number of rotatable bonds is 12. The highest BCUT2D eigenvalue weighted by Crippen LogP contribution is 2.27. The summed E-state index contributed by atoms with van der Waals surface area (Å²) in [4.78, 5) is 15.1. The minimum Gasteiger partial charge on any atom is -0.390 e. The maximum atomic E-state index is 13.1. The van der Waals surface area contributed by atoms with E-state index in [9.17, 15) is 14.3 Å². The molecule has 4 rings (SSSR count). The first kappa shape index (κ1) is 26.7. The summed E-state index contributed by atoms with van der Waals surface area (Å²) in [5.74, 6) is 0.389. The molecular weight excluding hydrogens is 473 g/mol. The molecule has 0 bridgehead atoms. The molecule has 0 radical (unpaired) electrons. The average Bonchev–Trinajstić information content (AvgIpc) is 3.64. The monoisotopic (exact) mass is 509 g/mol. The van der Waals surface area contributed by atoms with E-state index in [4.69, 9.17) is 0 Å². The van der Waals surface area contributed by atoms with Gasteiger partial charge >= 0.3 is 6.03 Å². The highest BCUT2D eigenvalue weighted by atomic mass is 19.1. The second-order valence-electron chi connectivity index (χ2n) is 9.81. The number of nitrogens with zero attached hydrogens (tertiary/aromatic N) is 5. The third-order valence-electron chi connectivity index (χ3n) is 6.78. The number of carbonyl (C=O) groups is 1. The maximum Gasteiger partial charge on any atom is 0.319 e. The van der Waals surface area contributed by atoms with Crippen molar-refractivity contribution in [1.29, 1.82) is 0 Å². The number of carbonyl (C=O) groups excluding carboxylic acids is 1. The number of urea groups is 1. The number of hydrogen-bond acceptors (Lipinski definition) is 6. The fourth-order valence-corrected chi connectivity index (χ4v) is 4.44. The summed E-state index contributed by atoms with van der Waals surface area (Å²) in [6, 6.07) is 12.0. The van der Waals surface area contributed by atoms with Crippen LogP contribution in [0.25, 0.3) is 11.4 Å². The smallest absolute Gasteiger partial charge is 0.319 e. The molecule has 2 atom stereocenters. The van der Waals surface area contributed by atoms with Crippen LogP contribution in [0.15, 0.2) is 42.5 Å². The van der Waals surface area contributed by atoms with Gasteiger partial charge in [0.1, 0.15) is 5.82 Å². The minimum atomic E-state index is -0.709. The molecule has 3 N–H and O–H groups in total. The predicted molar refractivity (Wildman–Crippen MR) is 141 cm³/mol. The SMILES string of the molecule is CCc1cc(NC(=O)N[C@H](C)[C@H](O)CN(CCCc2ccc(F)cc2)C2CC2)cc(-c2nnnn2C)c1. The molecule has 2 amide bonds. The van der Waals surface area contributed by atoms with Crippen LogP contribution >= 0.6 is 0 Å². The Morgan fingerprint density at radius 2 is 1.97 bits per heavy atom. The van der Waals surface area contributed by atoms with Gasteiger partial charge in [-0.1, -0.05) is 19.1 Å². The summed E-state index contributed by atoms with van der Waals surface area (Å²) in [7, 11) is 1.77. The zero-order chi connectivity index (χ0) is 26.4. The number of nitrogens with one attached hydrogen (secondary N) is 2. The first-order valence-corrected chi connectivity index (χ1v) is 12.9. The van der Waals surface area contributed by atoms with Gasteiger partial charge in [0.15, 0.2) is 5.82 Å². The quantitative estimate of drug-likeness (QED) is 0.345. The van der Waals surface area contributed by atoms with Crippen LogP contribution in [-0.4, -0.2) is 67.5 Å². The third kappa shape index (κ3) is 7.56. The molecule has 0 spiro atoms.